The number of H-pyrrole nitrogens is 1. The van der Waals surface area contributed by atoms with E-state index < -0.39 is 0 Å². The van der Waals surface area contributed by atoms with Crippen LogP contribution < -0.4 is 10.5 Å². The summed E-state index contributed by atoms with van der Waals surface area (Å²) in [5.41, 5.74) is 7.03. The molecular formula is C13H11N5O2. The van der Waals surface area contributed by atoms with Crippen molar-refractivity contribution in [1.82, 2.24) is 19.9 Å². The van der Waals surface area contributed by atoms with E-state index in [-0.39, 0.29) is 17.4 Å². The van der Waals surface area contributed by atoms with Gasteiger partial charge in [-0.3, -0.25) is 4.79 Å². The molecule has 100 valence electrons. The van der Waals surface area contributed by atoms with Crippen LogP contribution >= 0.6 is 0 Å². The largest absolute Gasteiger partial charge is 0.496 e. The topological polar surface area (TPSA) is 107 Å². The zero-order chi connectivity index (χ0) is 14.1. The predicted octanol–water partition coefficient (Wildman–Crippen LogP) is 1.17. The first kappa shape index (κ1) is 12.1. The van der Waals surface area contributed by atoms with Crippen molar-refractivity contribution in [3.63, 3.8) is 0 Å². The zero-order valence-corrected chi connectivity index (χ0v) is 10.6. The fourth-order valence-electron chi connectivity index (χ4n) is 1.91. The smallest absolute Gasteiger partial charge is 0.234 e. The number of rotatable bonds is 3. The second-order valence-electron chi connectivity index (χ2n) is 4.06. The van der Waals surface area contributed by atoms with Crippen LogP contribution in [0.15, 0.2) is 30.6 Å². The molecule has 0 amide bonds. The van der Waals surface area contributed by atoms with Crippen LogP contribution in [-0.4, -0.2) is 32.8 Å². The van der Waals surface area contributed by atoms with Gasteiger partial charge in [-0.15, -0.1) is 0 Å². The lowest BCUT2D eigenvalue weighted by molar-refractivity contribution is 0.102. The van der Waals surface area contributed by atoms with Crippen molar-refractivity contribution in [2.24, 2.45) is 0 Å². The summed E-state index contributed by atoms with van der Waals surface area (Å²) in [6, 6.07) is 6.87. The Bertz CT molecular complexity index is 796. The van der Waals surface area contributed by atoms with Crippen molar-refractivity contribution < 1.29 is 9.53 Å². The average Bonchev–Trinajstić information content (AvgIpc) is 2.95. The Hall–Kier alpha value is -2.96. The third kappa shape index (κ3) is 1.85. The first-order valence-electron chi connectivity index (χ1n) is 5.85. The van der Waals surface area contributed by atoms with Crippen molar-refractivity contribution in [1.29, 1.82) is 0 Å². The van der Waals surface area contributed by atoms with Crippen molar-refractivity contribution in [2.45, 2.75) is 0 Å². The Morgan fingerprint density at radius 2 is 2.10 bits per heavy atom. The van der Waals surface area contributed by atoms with Gasteiger partial charge in [-0.2, -0.15) is 0 Å². The van der Waals surface area contributed by atoms with Crippen LogP contribution in [0.1, 0.15) is 16.2 Å². The lowest BCUT2D eigenvalue weighted by Gasteiger charge is -2.06. The standard InChI is InChI=1S/C13H11N5O2/c1-20-8-5-3-2-4-7(8)10(19)13-17-11(14)9-12(18-13)16-6-15-9/h2-6H,1H3,(H3,14,15,16,17,18). The summed E-state index contributed by atoms with van der Waals surface area (Å²) in [4.78, 5) is 27.4. The molecule has 0 aliphatic carbocycles. The summed E-state index contributed by atoms with van der Waals surface area (Å²) in [5, 5.41) is 0. The van der Waals surface area contributed by atoms with Gasteiger partial charge in [0.1, 0.15) is 11.3 Å². The maximum absolute atomic E-state index is 12.4. The number of carbonyl (C=O) groups is 1. The maximum atomic E-state index is 12.4. The number of fused-ring (bicyclic) bond motifs is 1. The Morgan fingerprint density at radius 3 is 2.90 bits per heavy atom. The second-order valence-corrected chi connectivity index (χ2v) is 4.06. The third-order valence-corrected chi connectivity index (χ3v) is 2.87. The molecule has 0 fully saturated rings. The predicted molar refractivity (Wildman–Crippen MR) is 72.5 cm³/mol. The zero-order valence-electron chi connectivity index (χ0n) is 10.6. The highest BCUT2D eigenvalue weighted by atomic mass is 16.5. The number of nitrogens with zero attached hydrogens (tertiary/aromatic N) is 3. The number of anilines is 1. The highest BCUT2D eigenvalue weighted by molar-refractivity contribution is 6.09. The molecule has 0 bridgehead atoms. The normalized spacial score (nSPS) is 10.7. The lowest BCUT2D eigenvalue weighted by atomic mass is 10.1. The van der Waals surface area contributed by atoms with Crippen LogP contribution in [0.2, 0.25) is 0 Å². The molecule has 3 aromatic rings. The van der Waals surface area contributed by atoms with E-state index in [4.69, 9.17) is 10.5 Å². The molecule has 1 aromatic carbocycles. The summed E-state index contributed by atoms with van der Waals surface area (Å²) < 4.78 is 5.16. The van der Waals surface area contributed by atoms with Crippen molar-refractivity contribution in [2.75, 3.05) is 12.8 Å². The van der Waals surface area contributed by atoms with Gasteiger partial charge >= 0.3 is 0 Å². The van der Waals surface area contributed by atoms with Crippen molar-refractivity contribution in [3.8, 4) is 5.75 Å². The van der Waals surface area contributed by atoms with E-state index in [1.807, 2.05) is 0 Å². The molecule has 20 heavy (non-hydrogen) atoms. The molecular weight excluding hydrogens is 258 g/mol. The minimum absolute atomic E-state index is 0.00778. The number of nitrogens with two attached hydrogens (primary N) is 1. The minimum Gasteiger partial charge on any atom is -0.496 e. The van der Waals surface area contributed by atoms with Gasteiger partial charge in [0.15, 0.2) is 11.5 Å². The maximum Gasteiger partial charge on any atom is 0.234 e. The number of aromatic amines is 1. The molecule has 3 rings (SSSR count). The summed E-state index contributed by atoms with van der Waals surface area (Å²) in [6.45, 7) is 0. The van der Waals surface area contributed by atoms with Crippen LogP contribution in [0.4, 0.5) is 5.82 Å². The fourth-order valence-corrected chi connectivity index (χ4v) is 1.91. The van der Waals surface area contributed by atoms with E-state index >= 15 is 0 Å². The third-order valence-electron chi connectivity index (χ3n) is 2.87. The number of ketones is 1. The Morgan fingerprint density at radius 1 is 1.30 bits per heavy atom. The van der Waals surface area contributed by atoms with E-state index in [1.165, 1.54) is 13.4 Å². The first-order chi connectivity index (χ1) is 9.70. The van der Waals surface area contributed by atoms with Gasteiger partial charge in [0, 0.05) is 0 Å². The van der Waals surface area contributed by atoms with E-state index in [2.05, 4.69) is 19.9 Å². The van der Waals surface area contributed by atoms with Crippen LogP contribution in [0, 0.1) is 0 Å². The molecule has 0 atom stereocenters. The van der Waals surface area contributed by atoms with Crippen LogP contribution in [-0.2, 0) is 0 Å². The molecule has 0 aliphatic heterocycles. The Kier molecular flexibility index (Phi) is 2.79. The summed E-state index contributed by atoms with van der Waals surface area (Å²) in [5.74, 6) is 0.276. The van der Waals surface area contributed by atoms with Crippen LogP contribution in [0.25, 0.3) is 11.2 Å². The van der Waals surface area contributed by atoms with E-state index in [0.717, 1.165) is 0 Å². The number of methoxy groups -OCH3 is 1. The summed E-state index contributed by atoms with van der Waals surface area (Å²) >= 11 is 0. The number of benzene rings is 1. The number of hydrogen-bond acceptors (Lipinski definition) is 6. The minimum atomic E-state index is -0.362. The molecule has 3 N–H and O–H groups in total. The van der Waals surface area contributed by atoms with Crippen LogP contribution in [0.5, 0.6) is 5.75 Å². The van der Waals surface area contributed by atoms with Crippen molar-refractivity contribution in [3.05, 3.63) is 42.0 Å². The van der Waals surface area contributed by atoms with Crippen LogP contribution in [0.3, 0.4) is 0 Å². The van der Waals surface area contributed by atoms with E-state index in [0.29, 0.717) is 22.5 Å². The lowest BCUT2D eigenvalue weighted by Crippen LogP contribution is -2.10. The molecule has 0 saturated carbocycles. The van der Waals surface area contributed by atoms with Crippen molar-refractivity contribution >= 4 is 22.8 Å². The monoisotopic (exact) mass is 269 g/mol. The molecule has 0 unspecified atom stereocenters. The molecule has 0 spiro atoms. The van der Waals surface area contributed by atoms with Gasteiger partial charge in [-0.25, -0.2) is 15.0 Å². The highest BCUT2D eigenvalue weighted by Crippen LogP contribution is 2.21. The Balaban J connectivity index is 2.12. The number of imidazole rings is 1. The molecule has 0 radical (unpaired) electrons. The number of nitrogen functional groups attached to an aromatic ring is 1. The number of nitrogens with one attached hydrogen (secondary N) is 1. The van der Waals surface area contributed by atoms with E-state index in [1.54, 1.807) is 24.3 Å². The summed E-state index contributed by atoms with van der Waals surface area (Å²) in [6.07, 6.45) is 1.45. The quantitative estimate of drug-likeness (QED) is 0.691. The highest BCUT2D eigenvalue weighted by Gasteiger charge is 2.19. The molecule has 2 aromatic heterocycles. The molecule has 7 nitrogen and oxygen atoms in total. The average molecular weight is 269 g/mol. The number of aromatic nitrogens is 4. The molecule has 0 saturated heterocycles. The fraction of sp³-hybridized carbons (Fsp3) is 0.0769. The SMILES string of the molecule is COc1ccccc1C(=O)c1nc(N)c2[nH]cnc2n1. The van der Waals surface area contributed by atoms with Gasteiger partial charge in [0.25, 0.3) is 0 Å². The van der Waals surface area contributed by atoms with Gasteiger partial charge in [0.2, 0.25) is 11.6 Å². The van der Waals surface area contributed by atoms with Gasteiger partial charge in [-0.1, -0.05) is 12.1 Å². The number of carbonyl (C=O) groups excluding carboxylic acids is 1. The molecule has 0 aliphatic rings. The van der Waals surface area contributed by atoms with E-state index in [9.17, 15) is 4.79 Å². The van der Waals surface area contributed by atoms with Gasteiger partial charge in [-0.05, 0) is 12.1 Å². The molecule has 2 heterocycles. The Labute approximate surface area is 113 Å². The number of hydrogen-bond donors (Lipinski definition) is 2. The second kappa shape index (κ2) is 4.61. The van der Waals surface area contributed by atoms with Gasteiger partial charge in [0.05, 0.1) is 19.0 Å². The summed E-state index contributed by atoms with van der Waals surface area (Å²) in [7, 11) is 1.50. The first-order valence-corrected chi connectivity index (χ1v) is 5.85. The molecule has 7 heteroatoms. The number of ether oxygens (including phenoxy) is 1. The van der Waals surface area contributed by atoms with Gasteiger partial charge < -0.3 is 15.5 Å². The number of para-hydroxylation sites is 1.